The third kappa shape index (κ3) is 2.75. The summed E-state index contributed by atoms with van der Waals surface area (Å²) < 4.78 is 0. The Hall–Kier alpha value is 0.0400. The van der Waals surface area contributed by atoms with Crippen molar-refractivity contribution in [3.63, 3.8) is 0 Å². The van der Waals surface area contributed by atoms with E-state index >= 15 is 0 Å². The SMILES string of the molecule is [Na+].[O-]C(=S)c1ccncc1. The zero-order valence-electron chi connectivity index (χ0n) is 5.57. The van der Waals surface area contributed by atoms with Crippen LogP contribution >= 0.6 is 12.2 Å². The average Bonchev–Trinajstić information content (AvgIpc) is 1.90. The van der Waals surface area contributed by atoms with Crippen LogP contribution in [0.4, 0.5) is 0 Å². The minimum Gasteiger partial charge on any atom is -0.864 e. The fourth-order valence-electron chi connectivity index (χ4n) is 0.488. The van der Waals surface area contributed by atoms with Crippen LogP contribution in [0, 0.1) is 0 Å². The van der Waals surface area contributed by atoms with E-state index in [1.54, 1.807) is 24.5 Å². The summed E-state index contributed by atoms with van der Waals surface area (Å²) in [6, 6.07) is 3.19. The van der Waals surface area contributed by atoms with Crippen molar-refractivity contribution in [1.29, 1.82) is 0 Å². The van der Waals surface area contributed by atoms with Crippen LogP contribution in [0.25, 0.3) is 0 Å². The van der Waals surface area contributed by atoms with E-state index in [0.717, 1.165) is 0 Å². The smallest absolute Gasteiger partial charge is 0.864 e. The van der Waals surface area contributed by atoms with Gasteiger partial charge in [-0.25, -0.2) is 0 Å². The molecular weight excluding hydrogens is 157 g/mol. The number of pyridine rings is 1. The van der Waals surface area contributed by atoms with Crippen molar-refractivity contribution in [3.8, 4) is 0 Å². The second-order valence-electron chi connectivity index (χ2n) is 1.52. The molecule has 0 spiro atoms. The molecule has 10 heavy (non-hydrogen) atoms. The fraction of sp³-hybridized carbons (Fsp3) is 0. The van der Waals surface area contributed by atoms with Gasteiger partial charge in [-0.15, -0.1) is 0 Å². The third-order valence-corrected chi connectivity index (χ3v) is 1.15. The predicted octanol–water partition coefficient (Wildman–Crippen LogP) is -2.88. The van der Waals surface area contributed by atoms with Gasteiger partial charge in [-0.3, -0.25) is 4.98 Å². The largest absolute Gasteiger partial charge is 1.00 e. The van der Waals surface area contributed by atoms with Crippen molar-refractivity contribution < 1.29 is 34.7 Å². The standard InChI is InChI=1S/C6H5NOS.Na/c8-6(9)5-1-3-7-4-2-5;/h1-4H,(H,8,9);/q;+1/p-1. The van der Waals surface area contributed by atoms with Crippen LogP contribution in [0.5, 0.6) is 0 Å². The van der Waals surface area contributed by atoms with Crippen molar-refractivity contribution >= 4 is 17.3 Å². The summed E-state index contributed by atoms with van der Waals surface area (Å²) in [6.07, 6.45) is 3.08. The van der Waals surface area contributed by atoms with Gasteiger partial charge in [-0.2, -0.15) is 0 Å². The number of nitrogens with zero attached hydrogens (tertiary/aromatic N) is 1. The Morgan fingerprint density at radius 2 is 1.90 bits per heavy atom. The summed E-state index contributed by atoms with van der Waals surface area (Å²) in [5, 5.41) is 10.1. The normalized spacial score (nSPS) is 8.00. The molecule has 0 saturated carbocycles. The summed E-state index contributed by atoms with van der Waals surface area (Å²) in [4.78, 5) is 3.73. The number of aromatic nitrogens is 1. The number of rotatable bonds is 1. The minimum absolute atomic E-state index is 0. The minimum atomic E-state index is -0.336. The van der Waals surface area contributed by atoms with Crippen molar-refractivity contribution in [3.05, 3.63) is 30.1 Å². The van der Waals surface area contributed by atoms with Crippen molar-refractivity contribution in [2.45, 2.75) is 0 Å². The molecule has 46 valence electrons. The quantitative estimate of drug-likeness (QED) is 0.328. The zero-order valence-corrected chi connectivity index (χ0v) is 8.39. The second-order valence-corrected chi connectivity index (χ2v) is 1.89. The van der Waals surface area contributed by atoms with E-state index in [9.17, 15) is 5.11 Å². The molecule has 2 nitrogen and oxygen atoms in total. The van der Waals surface area contributed by atoms with Crippen LogP contribution in [0.1, 0.15) is 5.56 Å². The molecule has 0 radical (unpaired) electrons. The molecule has 0 fully saturated rings. The first-order valence-corrected chi connectivity index (χ1v) is 2.83. The number of thiocarbonyl (C=S) groups is 1. The van der Waals surface area contributed by atoms with E-state index in [-0.39, 0.29) is 34.6 Å². The Morgan fingerprint density at radius 3 is 2.20 bits per heavy atom. The number of hydrogen-bond donors (Lipinski definition) is 0. The van der Waals surface area contributed by atoms with Gasteiger partial charge >= 0.3 is 29.6 Å². The Balaban J connectivity index is 0.000000810. The van der Waals surface area contributed by atoms with Gasteiger partial charge in [-0.05, 0) is 22.7 Å². The van der Waals surface area contributed by atoms with Crippen molar-refractivity contribution in [1.82, 2.24) is 4.98 Å². The molecule has 0 amide bonds. The molecule has 0 saturated heterocycles. The molecule has 0 atom stereocenters. The van der Waals surface area contributed by atoms with Crippen molar-refractivity contribution in [2.24, 2.45) is 0 Å². The Kier molecular flexibility index (Phi) is 4.81. The molecule has 0 aliphatic heterocycles. The molecule has 1 aromatic heterocycles. The van der Waals surface area contributed by atoms with Gasteiger partial charge in [0.2, 0.25) is 0 Å². The first kappa shape index (κ1) is 10.0. The molecule has 1 heterocycles. The van der Waals surface area contributed by atoms with Crippen LogP contribution in [-0.2, 0) is 0 Å². The molecule has 1 aromatic rings. The van der Waals surface area contributed by atoms with E-state index in [0.29, 0.717) is 5.56 Å². The Bertz CT molecular complexity index is 214. The molecule has 0 bridgehead atoms. The summed E-state index contributed by atoms with van der Waals surface area (Å²) in [5.74, 6) is 0. The van der Waals surface area contributed by atoms with Gasteiger partial charge in [0, 0.05) is 12.4 Å². The van der Waals surface area contributed by atoms with Crippen molar-refractivity contribution in [2.75, 3.05) is 0 Å². The molecule has 0 aliphatic carbocycles. The van der Waals surface area contributed by atoms with E-state index in [4.69, 9.17) is 0 Å². The van der Waals surface area contributed by atoms with Crippen LogP contribution in [0.15, 0.2) is 24.5 Å². The van der Waals surface area contributed by atoms with Gasteiger partial charge in [-0.1, -0.05) is 12.2 Å². The first-order chi connectivity index (χ1) is 4.30. The van der Waals surface area contributed by atoms with Gasteiger partial charge in [0.25, 0.3) is 0 Å². The van der Waals surface area contributed by atoms with E-state index < -0.39 is 0 Å². The zero-order chi connectivity index (χ0) is 6.69. The van der Waals surface area contributed by atoms with Gasteiger partial charge in [0.15, 0.2) is 0 Å². The van der Waals surface area contributed by atoms with Crippen LogP contribution in [-0.4, -0.2) is 10.0 Å². The summed E-state index contributed by atoms with van der Waals surface area (Å²) in [7, 11) is 0. The van der Waals surface area contributed by atoms with Gasteiger partial charge in [0.05, 0.1) is 0 Å². The monoisotopic (exact) mass is 161 g/mol. The number of hydrogen-bond acceptors (Lipinski definition) is 3. The molecule has 1 rings (SSSR count). The Morgan fingerprint density at radius 1 is 1.40 bits per heavy atom. The maximum absolute atomic E-state index is 10.4. The maximum atomic E-state index is 10.4. The summed E-state index contributed by atoms with van der Waals surface area (Å²) in [5.41, 5.74) is 0.528. The first-order valence-electron chi connectivity index (χ1n) is 2.42. The van der Waals surface area contributed by atoms with Crippen LogP contribution < -0.4 is 34.7 Å². The third-order valence-electron chi connectivity index (χ3n) is 0.916. The topological polar surface area (TPSA) is 36.0 Å². The molecule has 4 heteroatoms. The molecular formula is C6H4NNaOS. The molecule has 0 aliphatic rings. The average molecular weight is 161 g/mol. The molecule has 0 N–H and O–H groups in total. The summed E-state index contributed by atoms with van der Waals surface area (Å²) in [6.45, 7) is 0. The predicted molar refractivity (Wildman–Crippen MR) is 35.9 cm³/mol. The maximum Gasteiger partial charge on any atom is 1.00 e. The fourth-order valence-corrected chi connectivity index (χ4v) is 0.624. The van der Waals surface area contributed by atoms with E-state index in [1.165, 1.54) is 0 Å². The second kappa shape index (κ2) is 4.79. The summed E-state index contributed by atoms with van der Waals surface area (Å²) >= 11 is 4.38. The van der Waals surface area contributed by atoms with E-state index in [1.807, 2.05) is 0 Å². The molecule has 0 aromatic carbocycles. The van der Waals surface area contributed by atoms with Crippen LogP contribution in [0.3, 0.4) is 0 Å². The van der Waals surface area contributed by atoms with Crippen LogP contribution in [0.2, 0.25) is 0 Å². The van der Waals surface area contributed by atoms with Gasteiger partial charge < -0.3 is 5.11 Å². The Labute approximate surface area is 86.6 Å². The molecule has 0 unspecified atom stereocenters. The van der Waals surface area contributed by atoms with E-state index in [2.05, 4.69) is 17.2 Å². The van der Waals surface area contributed by atoms with Gasteiger partial charge in [0.1, 0.15) is 0 Å².